The first kappa shape index (κ1) is 17.3. The number of rotatable bonds is 5. The van der Waals surface area contributed by atoms with E-state index in [1.807, 2.05) is 61.5 Å². The highest BCUT2D eigenvalue weighted by Gasteiger charge is 2.19. The van der Waals surface area contributed by atoms with Gasteiger partial charge in [0.25, 0.3) is 5.91 Å². The minimum atomic E-state index is -0.254. The Labute approximate surface area is 154 Å². The van der Waals surface area contributed by atoms with Gasteiger partial charge in [-0.3, -0.25) is 4.79 Å². The molecule has 3 rings (SSSR count). The Morgan fingerprint density at radius 1 is 1.12 bits per heavy atom. The number of para-hydroxylation sites is 2. The van der Waals surface area contributed by atoms with E-state index in [4.69, 9.17) is 9.47 Å². The van der Waals surface area contributed by atoms with Gasteiger partial charge < -0.3 is 14.8 Å². The van der Waals surface area contributed by atoms with Gasteiger partial charge >= 0.3 is 0 Å². The summed E-state index contributed by atoms with van der Waals surface area (Å²) in [5.41, 5.74) is 1.08. The van der Waals surface area contributed by atoms with Gasteiger partial charge in [0.2, 0.25) is 0 Å². The van der Waals surface area contributed by atoms with Gasteiger partial charge in [0, 0.05) is 0 Å². The smallest absolute Gasteiger partial charge is 0.259 e. The summed E-state index contributed by atoms with van der Waals surface area (Å²) in [4.78, 5) is 12.9. The topological polar surface area (TPSA) is 47.6 Å². The second-order valence-corrected chi connectivity index (χ2v) is 6.17. The molecular formula is C20H18BrNO3. The lowest BCUT2D eigenvalue weighted by molar-refractivity contribution is 0.102. The molecule has 0 aromatic heterocycles. The molecule has 25 heavy (non-hydrogen) atoms. The molecule has 4 nitrogen and oxygen atoms in total. The minimum absolute atomic E-state index is 0.254. The van der Waals surface area contributed by atoms with Crippen molar-refractivity contribution in [3.8, 4) is 11.5 Å². The zero-order valence-corrected chi connectivity index (χ0v) is 15.6. The molecular weight excluding hydrogens is 382 g/mol. The van der Waals surface area contributed by atoms with Gasteiger partial charge in [-0.1, -0.05) is 36.4 Å². The number of benzene rings is 3. The second kappa shape index (κ2) is 7.57. The molecule has 0 bridgehead atoms. The maximum absolute atomic E-state index is 12.9. The summed E-state index contributed by atoms with van der Waals surface area (Å²) in [6, 6.07) is 17.0. The molecule has 0 fully saturated rings. The summed E-state index contributed by atoms with van der Waals surface area (Å²) in [6.07, 6.45) is 0. The molecule has 0 saturated heterocycles. The van der Waals surface area contributed by atoms with Crippen LogP contribution in [0.3, 0.4) is 0 Å². The van der Waals surface area contributed by atoms with Crippen molar-refractivity contribution in [3.63, 3.8) is 0 Å². The van der Waals surface area contributed by atoms with Crippen LogP contribution in [0, 0.1) is 0 Å². The Morgan fingerprint density at radius 3 is 2.60 bits per heavy atom. The number of nitrogens with one attached hydrogen (secondary N) is 1. The van der Waals surface area contributed by atoms with Gasteiger partial charge in [0.05, 0.1) is 29.4 Å². The number of ether oxygens (including phenoxy) is 2. The molecule has 0 heterocycles. The van der Waals surface area contributed by atoms with Gasteiger partial charge in [0.15, 0.2) is 0 Å². The molecule has 128 valence electrons. The first-order valence-corrected chi connectivity index (χ1v) is 8.73. The fourth-order valence-corrected chi connectivity index (χ4v) is 3.43. The van der Waals surface area contributed by atoms with Crippen molar-refractivity contribution in [1.82, 2.24) is 0 Å². The van der Waals surface area contributed by atoms with E-state index in [9.17, 15) is 4.79 Å². The summed E-state index contributed by atoms with van der Waals surface area (Å²) < 4.78 is 11.8. The number of carbonyl (C=O) groups excluding carboxylic acids is 1. The Hall–Kier alpha value is -2.53. The van der Waals surface area contributed by atoms with Gasteiger partial charge in [-0.25, -0.2) is 0 Å². The number of hydrogen-bond acceptors (Lipinski definition) is 3. The molecule has 0 aliphatic carbocycles. The first-order chi connectivity index (χ1) is 12.2. The van der Waals surface area contributed by atoms with Crippen molar-refractivity contribution in [2.45, 2.75) is 6.92 Å². The highest BCUT2D eigenvalue weighted by atomic mass is 79.9. The molecule has 0 unspecified atom stereocenters. The molecule has 1 N–H and O–H groups in total. The molecule has 0 atom stereocenters. The number of methoxy groups -OCH3 is 1. The fraction of sp³-hybridized carbons (Fsp3) is 0.150. The van der Waals surface area contributed by atoms with Crippen LogP contribution in [-0.4, -0.2) is 19.6 Å². The second-order valence-electron chi connectivity index (χ2n) is 5.38. The average molecular weight is 400 g/mol. The third-order valence-electron chi connectivity index (χ3n) is 3.82. The van der Waals surface area contributed by atoms with Crippen LogP contribution in [0.5, 0.6) is 11.5 Å². The summed E-state index contributed by atoms with van der Waals surface area (Å²) in [7, 11) is 1.56. The number of carbonyl (C=O) groups is 1. The fourth-order valence-electron chi connectivity index (χ4n) is 2.69. The Balaban J connectivity index is 2.03. The maximum Gasteiger partial charge on any atom is 0.259 e. The van der Waals surface area contributed by atoms with Crippen LogP contribution in [0.15, 0.2) is 59.1 Å². The normalized spacial score (nSPS) is 10.5. The Morgan fingerprint density at radius 2 is 1.84 bits per heavy atom. The third kappa shape index (κ3) is 3.46. The molecule has 0 aliphatic heterocycles. The van der Waals surface area contributed by atoms with Crippen molar-refractivity contribution in [3.05, 3.63) is 64.6 Å². The van der Waals surface area contributed by atoms with Gasteiger partial charge in [-0.15, -0.1) is 0 Å². The highest BCUT2D eigenvalue weighted by Crippen LogP contribution is 2.37. The third-order valence-corrected chi connectivity index (χ3v) is 4.61. The van der Waals surface area contributed by atoms with Crippen LogP contribution >= 0.6 is 15.9 Å². The molecule has 1 amide bonds. The largest absolute Gasteiger partial charge is 0.495 e. The first-order valence-electron chi connectivity index (χ1n) is 7.94. The number of anilines is 1. The van der Waals surface area contributed by atoms with Gasteiger partial charge in [-0.05, 0) is 51.8 Å². The summed E-state index contributed by atoms with van der Waals surface area (Å²) in [5, 5.41) is 4.86. The van der Waals surface area contributed by atoms with Crippen molar-refractivity contribution in [2.24, 2.45) is 0 Å². The van der Waals surface area contributed by atoms with E-state index in [1.165, 1.54) is 0 Å². The van der Waals surface area contributed by atoms with Crippen LogP contribution in [0.4, 0.5) is 5.69 Å². The number of fused-ring (bicyclic) bond motifs is 1. The van der Waals surface area contributed by atoms with E-state index in [-0.39, 0.29) is 5.91 Å². The van der Waals surface area contributed by atoms with Crippen molar-refractivity contribution in [2.75, 3.05) is 19.0 Å². The van der Waals surface area contributed by atoms with E-state index in [1.54, 1.807) is 7.11 Å². The van der Waals surface area contributed by atoms with Crippen LogP contribution in [0.2, 0.25) is 0 Å². The highest BCUT2D eigenvalue weighted by molar-refractivity contribution is 9.10. The van der Waals surface area contributed by atoms with Crippen LogP contribution in [0.1, 0.15) is 17.3 Å². The minimum Gasteiger partial charge on any atom is -0.495 e. The molecule has 0 radical (unpaired) electrons. The molecule has 5 heteroatoms. The van der Waals surface area contributed by atoms with Crippen molar-refractivity contribution >= 4 is 38.3 Å². The SMILES string of the molecule is CCOc1ccccc1NC(=O)c1cc2ccccc2c(Br)c1OC. The molecule has 0 saturated carbocycles. The zero-order valence-electron chi connectivity index (χ0n) is 14.0. The van der Waals surface area contributed by atoms with Crippen LogP contribution in [-0.2, 0) is 0 Å². The predicted molar refractivity (Wildman–Crippen MR) is 104 cm³/mol. The Kier molecular flexibility index (Phi) is 5.24. The van der Waals surface area contributed by atoms with E-state index < -0.39 is 0 Å². The van der Waals surface area contributed by atoms with E-state index in [2.05, 4.69) is 21.2 Å². The average Bonchev–Trinajstić information content (AvgIpc) is 2.63. The van der Waals surface area contributed by atoms with Crippen molar-refractivity contribution < 1.29 is 14.3 Å². The van der Waals surface area contributed by atoms with Crippen molar-refractivity contribution in [1.29, 1.82) is 0 Å². The Bertz CT molecular complexity index is 924. The van der Waals surface area contributed by atoms with E-state index in [0.29, 0.717) is 29.4 Å². The van der Waals surface area contributed by atoms with Gasteiger partial charge in [0.1, 0.15) is 11.5 Å². The number of halogens is 1. The molecule has 0 spiro atoms. The van der Waals surface area contributed by atoms with E-state index >= 15 is 0 Å². The number of hydrogen-bond donors (Lipinski definition) is 1. The lowest BCUT2D eigenvalue weighted by Gasteiger charge is -2.15. The monoisotopic (exact) mass is 399 g/mol. The lowest BCUT2D eigenvalue weighted by atomic mass is 10.0. The summed E-state index contributed by atoms with van der Waals surface area (Å²) in [6.45, 7) is 2.43. The van der Waals surface area contributed by atoms with Crippen LogP contribution < -0.4 is 14.8 Å². The molecule has 3 aromatic rings. The quantitative estimate of drug-likeness (QED) is 0.636. The van der Waals surface area contributed by atoms with E-state index in [0.717, 1.165) is 15.2 Å². The van der Waals surface area contributed by atoms with Gasteiger partial charge in [-0.2, -0.15) is 0 Å². The summed E-state index contributed by atoms with van der Waals surface area (Å²) >= 11 is 3.56. The summed E-state index contributed by atoms with van der Waals surface area (Å²) in [5.74, 6) is 0.887. The maximum atomic E-state index is 12.9. The predicted octanol–water partition coefficient (Wildman–Crippen LogP) is 5.26. The lowest BCUT2D eigenvalue weighted by Crippen LogP contribution is -2.14. The molecule has 3 aromatic carbocycles. The zero-order chi connectivity index (χ0) is 17.8. The number of amides is 1. The molecule has 0 aliphatic rings. The standard InChI is InChI=1S/C20H18BrNO3/c1-3-25-17-11-7-6-10-16(17)22-20(23)15-12-13-8-4-5-9-14(13)18(21)19(15)24-2/h4-12H,3H2,1-2H3,(H,22,23). The van der Waals surface area contributed by atoms with Crippen LogP contribution in [0.25, 0.3) is 10.8 Å².